The van der Waals surface area contributed by atoms with Gasteiger partial charge in [-0.3, -0.25) is 4.79 Å². The Kier molecular flexibility index (Phi) is 6.07. The van der Waals surface area contributed by atoms with Gasteiger partial charge in [0.25, 0.3) is 0 Å². The Balaban J connectivity index is 3.71. The molecule has 0 heterocycles. The molecule has 0 aliphatic carbocycles. The molecule has 0 bridgehead atoms. The van der Waals surface area contributed by atoms with Crippen LogP contribution in [0, 0.1) is 5.92 Å². The van der Waals surface area contributed by atoms with E-state index in [0.29, 0.717) is 6.54 Å². The van der Waals surface area contributed by atoms with Gasteiger partial charge in [-0.25, -0.2) is 0 Å². The van der Waals surface area contributed by atoms with Gasteiger partial charge in [0, 0.05) is 19.6 Å². The summed E-state index contributed by atoms with van der Waals surface area (Å²) in [6.45, 7) is 2.68. The molecule has 2 N–H and O–H groups in total. The number of hydrogen-bond donors (Lipinski definition) is 1. The van der Waals surface area contributed by atoms with Gasteiger partial charge in [0.2, 0.25) is 0 Å². The molecule has 11 heavy (non-hydrogen) atoms. The second-order valence-electron chi connectivity index (χ2n) is 2.62. The predicted octanol–water partition coefficient (Wildman–Crippen LogP) is 0.577. The number of methoxy groups -OCH3 is 1. The Labute approximate surface area is 67.9 Å². The molecule has 0 saturated heterocycles. The third-order valence-electron chi connectivity index (χ3n) is 1.66. The highest BCUT2D eigenvalue weighted by atomic mass is 16.5. The summed E-state index contributed by atoms with van der Waals surface area (Å²) in [5, 5.41) is 0. The van der Waals surface area contributed by atoms with Crippen molar-refractivity contribution in [3.05, 3.63) is 0 Å². The first-order chi connectivity index (χ1) is 5.26. The Morgan fingerprint density at radius 2 is 2.27 bits per heavy atom. The van der Waals surface area contributed by atoms with Crippen LogP contribution in [0.25, 0.3) is 0 Å². The standard InChI is InChI=1S/C8H17NO2/c1-3-4-7(5-9)8(10)6-11-2/h7H,3-6,9H2,1-2H3. The largest absolute Gasteiger partial charge is 0.377 e. The molecule has 1 unspecified atom stereocenters. The second-order valence-corrected chi connectivity index (χ2v) is 2.62. The first-order valence-electron chi connectivity index (χ1n) is 3.98. The summed E-state index contributed by atoms with van der Waals surface area (Å²) in [5.74, 6) is 0.122. The summed E-state index contributed by atoms with van der Waals surface area (Å²) in [4.78, 5) is 11.2. The van der Waals surface area contributed by atoms with Gasteiger partial charge >= 0.3 is 0 Å². The van der Waals surface area contributed by atoms with Crippen molar-refractivity contribution in [1.29, 1.82) is 0 Å². The van der Waals surface area contributed by atoms with Crippen molar-refractivity contribution in [2.75, 3.05) is 20.3 Å². The molecule has 0 aromatic rings. The van der Waals surface area contributed by atoms with E-state index in [9.17, 15) is 4.79 Å². The molecule has 0 saturated carbocycles. The van der Waals surface area contributed by atoms with Crippen molar-refractivity contribution in [2.45, 2.75) is 19.8 Å². The molecular weight excluding hydrogens is 142 g/mol. The number of carbonyl (C=O) groups is 1. The van der Waals surface area contributed by atoms with Crippen LogP contribution in [0.3, 0.4) is 0 Å². The summed E-state index contributed by atoms with van der Waals surface area (Å²) in [6, 6.07) is 0. The molecule has 3 nitrogen and oxygen atoms in total. The van der Waals surface area contributed by atoms with E-state index in [-0.39, 0.29) is 18.3 Å². The van der Waals surface area contributed by atoms with Crippen LogP contribution in [0.15, 0.2) is 0 Å². The van der Waals surface area contributed by atoms with Crippen molar-refractivity contribution in [3.63, 3.8) is 0 Å². The highest BCUT2D eigenvalue weighted by molar-refractivity contribution is 5.82. The normalized spacial score (nSPS) is 13.0. The lowest BCUT2D eigenvalue weighted by molar-refractivity contribution is -0.126. The SMILES string of the molecule is CCCC(CN)C(=O)COC. The monoisotopic (exact) mass is 159 g/mol. The number of ether oxygens (including phenoxy) is 1. The zero-order chi connectivity index (χ0) is 8.69. The molecule has 0 radical (unpaired) electrons. The fourth-order valence-corrected chi connectivity index (χ4v) is 1.02. The molecule has 3 heteroatoms. The molecule has 0 amide bonds. The Morgan fingerprint density at radius 3 is 2.64 bits per heavy atom. The average Bonchev–Trinajstić information content (AvgIpc) is 2.00. The van der Waals surface area contributed by atoms with Gasteiger partial charge in [0.05, 0.1) is 0 Å². The smallest absolute Gasteiger partial charge is 0.162 e. The molecule has 0 aliphatic rings. The number of hydrogen-bond acceptors (Lipinski definition) is 3. The number of carbonyl (C=O) groups excluding carboxylic acids is 1. The molecule has 0 fully saturated rings. The van der Waals surface area contributed by atoms with E-state index in [1.54, 1.807) is 0 Å². The number of ketones is 1. The number of Topliss-reactive ketones (excluding diaryl/α,β-unsaturated/α-hetero) is 1. The maximum absolute atomic E-state index is 11.2. The van der Waals surface area contributed by atoms with Crippen molar-refractivity contribution >= 4 is 5.78 Å². The second kappa shape index (κ2) is 6.31. The van der Waals surface area contributed by atoms with Gasteiger partial charge in [-0.1, -0.05) is 13.3 Å². The van der Waals surface area contributed by atoms with Gasteiger partial charge in [-0.2, -0.15) is 0 Å². The number of rotatable bonds is 6. The van der Waals surface area contributed by atoms with E-state index in [1.165, 1.54) is 7.11 Å². The molecule has 0 aromatic heterocycles. The van der Waals surface area contributed by atoms with Crippen molar-refractivity contribution < 1.29 is 9.53 Å². The highest BCUT2D eigenvalue weighted by Gasteiger charge is 2.14. The minimum Gasteiger partial charge on any atom is -0.377 e. The maximum Gasteiger partial charge on any atom is 0.162 e. The van der Waals surface area contributed by atoms with Crippen molar-refractivity contribution in [3.8, 4) is 0 Å². The minimum atomic E-state index is -0.0000463. The lowest BCUT2D eigenvalue weighted by Crippen LogP contribution is -2.26. The fourth-order valence-electron chi connectivity index (χ4n) is 1.02. The predicted molar refractivity (Wildman–Crippen MR) is 44.3 cm³/mol. The third-order valence-corrected chi connectivity index (χ3v) is 1.66. The first kappa shape index (κ1) is 10.6. The van der Waals surface area contributed by atoms with Crippen LogP contribution in [0.2, 0.25) is 0 Å². The van der Waals surface area contributed by atoms with Gasteiger partial charge in [0.1, 0.15) is 6.61 Å². The van der Waals surface area contributed by atoms with Crippen LogP contribution in [-0.4, -0.2) is 26.0 Å². The van der Waals surface area contributed by atoms with Gasteiger partial charge in [0.15, 0.2) is 5.78 Å². The molecule has 0 rings (SSSR count). The Hall–Kier alpha value is -0.410. The van der Waals surface area contributed by atoms with Crippen LogP contribution in [-0.2, 0) is 9.53 Å². The summed E-state index contributed by atoms with van der Waals surface area (Å²) < 4.78 is 4.73. The maximum atomic E-state index is 11.2. The van der Waals surface area contributed by atoms with E-state index in [2.05, 4.69) is 0 Å². The molecule has 1 atom stereocenters. The highest BCUT2D eigenvalue weighted by Crippen LogP contribution is 2.05. The van der Waals surface area contributed by atoms with Crippen molar-refractivity contribution in [2.24, 2.45) is 11.7 Å². The van der Waals surface area contributed by atoms with Crippen LogP contribution in [0.1, 0.15) is 19.8 Å². The van der Waals surface area contributed by atoms with Crippen LogP contribution in [0.4, 0.5) is 0 Å². The van der Waals surface area contributed by atoms with E-state index >= 15 is 0 Å². The summed E-state index contributed by atoms with van der Waals surface area (Å²) in [5.41, 5.74) is 5.41. The topological polar surface area (TPSA) is 52.3 Å². The van der Waals surface area contributed by atoms with Crippen molar-refractivity contribution in [1.82, 2.24) is 0 Å². The summed E-state index contributed by atoms with van der Waals surface area (Å²) in [7, 11) is 1.53. The molecule has 0 aliphatic heterocycles. The summed E-state index contributed by atoms with van der Waals surface area (Å²) in [6.07, 6.45) is 1.87. The quantitative estimate of drug-likeness (QED) is 0.616. The summed E-state index contributed by atoms with van der Waals surface area (Å²) >= 11 is 0. The van der Waals surface area contributed by atoms with Crippen LogP contribution in [0.5, 0.6) is 0 Å². The van der Waals surface area contributed by atoms with E-state index in [4.69, 9.17) is 10.5 Å². The van der Waals surface area contributed by atoms with Gasteiger partial charge in [-0.05, 0) is 6.42 Å². The van der Waals surface area contributed by atoms with Gasteiger partial charge in [-0.15, -0.1) is 0 Å². The van der Waals surface area contributed by atoms with E-state index in [0.717, 1.165) is 12.8 Å². The molecule has 0 aromatic carbocycles. The molecule has 66 valence electrons. The van der Waals surface area contributed by atoms with E-state index in [1.807, 2.05) is 6.92 Å². The zero-order valence-electron chi connectivity index (χ0n) is 7.30. The Bertz CT molecular complexity index is 115. The fraction of sp³-hybridized carbons (Fsp3) is 0.875. The van der Waals surface area contributed by atoms with E-state index < -0.39 is 0 Å². The first-order valence-corrected chi connectivity index (χ1v) is 3.98. The average molecular weight is 159 g/mol. The number of nitrogens with two attached hydrogens (primary N) is 1. The Morgan fingerprint density at radius 1 is 1.64 bits per heavy atom. The minimum absolute atomic E-state index is 0.0000463. The third kappa shape index (κ3) is 4.11. The lowest BCUT2D eigenvalue weighted by atomic mass is 9.99. The van der Waals surface area contributed by atoms with Crippen LogP contribution < -0.4 is 5.73 Å². The zero-order valence-corrected chi connectivity index (χ0v) is 7.30. The lowest BCUT2D eigenvalue weighted by Gasteiger charge is -2.10. The van der Waals surface area contributed by atoms with Crippen LogP contribution >= 0.6 is 0 Å². The molecular formula is C8H17NO2. The molecule has 0 spiro atoms. The van der Waals surface area contributed by atoms with Gasteiger partial charge < -0.3 is 10.5 Å².